The number of carbonyl (C=O) groups is 2. The fourth-order valence-electron chi connectivity index (χ4n) is 5.18. The Balaban J connectivity index is 0.000000806. The van der Waals surface area contributed by atoms with Gasteiger partial charge < -0.3 is 19.8 Å². The smallest absolute Gasteiger partial charge is 0.290 e. The summed E-state index contributed by atoms with van der Waals surface area (Å²) in [7, 11) is 1.43. The first-order valence-electron chi connectivity index (χ1n) is 10.6. The van der Waals surface area contributed by atoms with E-state index in [1.807, 2.05) is 4.90 Å². The SMILES string of the molecule is COc1ccc(CC(=O)N2C[C@H]3C[C@@H](N4CCCC4)[C@H](O)C[C@H]3C2)cc1F.O=CO. The maximum absolute atomic E-state index is 13.9. The molecule has 4 atom stereocenters. The highest BCUT2D eigenvalue weighted by Gasteiger charge is 2.44. The number of likely N-dealkylation sites (tertiary alicyclic amines) is 2. The van der Waals surface area contributed by atoms with Crippen molar-refractivity contribution in [3.63, 3.8) is 0 Å². The number of fused-ring (bicyclic) bond motifs is 1. The molecule has 166 valence electrons. The van der Waals surface area contributed by atoms with Crippen molar-refractivity contribution in [3.8, 4) is 5.75 Å². The van der Waals surface area contributed by atoms with E-state index in [0.29, 0.717) is 23.9 Å². The largest absolute Gasteiger partial charge is 0.494 e. The van der Waals surface area contributed by atoms with Gasteiger partial charge in [0.1, 0.15) is 0 Å². The first kappa shape index (κ1) is 22.5. The van der Waals surface area contributed by atoms with Gasteiger partial charge in [-0.25, -0.2) is 4.39 Å². The van der Waals surface area contributed by atoms with E-state index in [1.165, 1.54) is 26.0 Å². The van der Waals surface area contributed by atoms with E-state index in [2.05, 4.69) is 4.90 Å². The second-order valence-electron chi connectivity index (χ2n) is 8.42. The van der Waals surface area contributed by atoms with Crippen molar-refractivity contribution in [1.82, 2.24) is 9.80 Å². The van der Waals surface area contributed by atoms with E-state index >= 15 is 0 Å². The molecule has 1 aliphatic carbocycles. The summed E-state index contributed by atoms with van der Waals surface area (Å²) in [5, 5.41) is 17.5. The van der Waals surface area contributed by atoms with E-state index in [0.717, 1.165) is 32.5 Å². The summed E-state index contributed by atoms with van der Waals surface area (Å²) < 4.78 is 18.8. The number of halogens is 1. The van der Waals surface area contributed by atoms with Crippen LogP contribution in [0.1, 0.15) is 31.2 Å². The van der Waals surface area contributed by atoms with Gasteiger partial charge in [-0.2, -0.15) is 0 Å². The molecule has 2 saturated heterocycles. The highest BCUT2D eigenvalue weighted by molar-refractivity contribution is 5.79. The minimum absolute atomic E-state index is 0.0428. The maximum Gasteiger partial charge on any atom is 0.290 e. The zero-order valence-electron chi connectivity index (χ0n) is 17.4. The summed E-state index contributed by atoms with van der Waals surface area (Å²) in [6.45, 7) is 3.40. The van der Waals surface area contributed by atoms with Crippen molar-refractivity contribution < 1.29 is 28.9 Å². The van der Waals surface area contributed by atoms with Crippen LogP contribution in [-0.4, -0.2) is 77.8 Å². The molecule has 0 bridgehead atoms. The fourth-order valence-corrected chi connectivity index (χ4v) is 5.18. The molecule has 3 fully saturated rings. The Morgan fingerprint density at radius 2 is 1.87 bits per heavy atom. The quantitative estimate of drug-likeness (QED) is 0.719. The van der Waals surface area contributed by atoms with Gasteiger partial charge in [-0.1, -0.05) is 6.07 Å². The molecule has 1 saturated carbocycles. The second kappa shape index (κ2) is 10.2. The van der Waals surface area contributed by atoms with Crippen LogP contribution < -0.4 is 4.74 Å². The first-order chi connectivity index (χ1) is 14.5. The van der Waals surface area contributed by atoms with Crippen LogP contribution in [0.4, 0.5) is 4.39 Å². The number of ether oxygens (including phenoxy) is 1. The summed E-state index contributed by atoms with van der Waals surface area (Å²) in [6.07, 6.45) is 4.13. The van der Waals surface area contributed by atoms with Gasteiger partial charge in [-0.3, -0.25) is 14.5 Å². The molecule has 0 spiro atoms. The standard InChI is InChI=1S/C21H29FN2O3.CH2O2/c1-27-20-5-4-14(8-17(20)22)9-21(26)24-12-15-10-18(23-6-2-3-7-23)19(25)11-16(15)13-24;2-1-3/h4-5,8,15-16,18-19,25H,2-3,6-7,9-13H2,1H3;1H,(H,2,3)/t15-,16+,18-,19-;/m1./s1. The van der Waals surface area contributed by atoms with Gasteiger partial charge in [-0.05, 0) is 68.3 Å². The van der Waals surface area contributed by atoms with Crippen LogP contribution in [0.15, 0.2) is 18.2 Å². The minimum Gasteiger partial charge on any atom is -0.494 e. The lowest BCUT2D eigenvalue weighted by molar-refractivity contribution is -0.129. The Morgan fingerprint density at radius 1 is 1.23 bits per heavy atom. The number of carboxylic acid groups (broad SMARTS) is 1. The number of benzene rings is 1. The third-order valence-corrected chi connectivity index (χ3v) is 6.64. The number of methoxy groups -OCH3 is 1. The number of hydrogen-bond donors (Lipinski definition) is 2. The zero-order valence-corrected chi connectivity index (χ0v) is 17.4. The van der Waals surface area contributed by atoms with E-state index < -0.39 is 5.82 Å². The van der Waals surface area contributed by atoms with Gasteiger partial charge in [0, 0.05) is 19.1 Å². The topological polar surface area (TPSA) is 90.3 Å². The van der Waals surface area contributed by atoms with Crippen LogP contribution in [0.5, 0.6) is 5.75 Å². The number of nitrogens with zero attached hydrogens (tertiary/aromatic N) is 2. The van der Waals surface area contributed by atoms with Gasteiger partial charge in [0.2, 0.25) is 5.91 Å². The summed E-state index contributed by atoms with van der Waals surface area (Å²) in [5.74, 6) is 0.655. The van der Waals surface area contributed by atoms with Gasteiger partial charge in [0.25, 0.3) is 6.47 Å². The number of rotatable bonds is 4. The third kappa shape index (κ3) is 5.10. The molecular formula is C22H31FN2O5. The predicted octanol–water partition coefficient (Wildman–Crippen LogP) is 1.77. The summed E-state index contributed by atoms with van der Waals surface area (Å²) in [6, 6.07) is 4.95. The number of amides is 1. The molecule has 2 N–H and O–H groups in total. The van der Waals surface area contributed by atoms with Crippen molar-refractivity contribution >= 4 is 12.4 Å². The predicted molar refractivity (Wildman–Crippen MR) is 109 cm³/mol. The van der Waals surface area contributed by atoms with Crippen molar-refractivity contribution in [2.75, 3.05) is 33.3 Å². The molecule has 4 rings (SSSR count). The number of aliphatic hydroxyl groups is 1. The van der Waals surface area contributed by atoms with Gasteiger partial charge >= 0.3 is 0 Å². The highest BCUT2D eigenvalue weighted by atomic mass is 19.1. The maximum atomic E-state index is 13.9. The van der Waals surface area contributed by atoms with Crippen molar-refractivity contribution in [3.05, 3.63) is 29.6 Å². The Labute approximate surface area is 176 Å². The molecule has 1 aromatic rings. The molecule has 1 amide bonds. The van der Waals surface area contributed by atoms with Crippen LogP contribution in [0.25, 0.3) is 0 Å². The number of hydrogen-bond acceptors (Lipinski definition) is 5. The average molecular weight is 422 g/mol. The molecule has 3 aliphatic rings. The van der Waals surface area contributed by atoms with E-state index in [4.69, 9.17) is 14.6 Å². The molecule has 8 heteroatoms. The normalized spacial score (nSPS) is 28.4. The summed E-state index contributed by atoms with van der Waals surface area (Å²) in [5.41, 5.74) is 0.670. The molecule has 1 aromatic carbocycles. The van der Waals surface area contributed by atoms with Crippen LogP contribution in [0.2, 0.25) is 0 Å². The minimum atomic E-state index is -0.436. The number of aliphatic hydroxyl groups excluding tert-OH is 1. The summed E-state index contributed by atoms with van der Waals surface area (Å²) in [4.78, 5) is 25.5. The summed E-state index contributed by atoms with van der Waals surface area (Å²) >= 11 is 0. The molecule has 2 aliphatic heterocycles. The monoisotopic (exact) mass is 422 g/mol. The lowest BCUT2D eigenvalue weighted by Gasteiger charge is -2.40. The lowest BCUT2D eigenvalue weighted by Crippen LogP contribution is -2.48. The van der Waals surface area contributed by atoms with Crippen LogP contribution in [0.3, 0.4) is 0 Å². The second-order valence-corrected chi connectivity index (χ2v) is 8.42. The molecule has 30 heavy (non-hydrogen) atoms. The molecule has 2 heterocycles. The Morgan fingerprint density at radius 3 is 2.47 bits per heavy atom. The van der Waals surface area contributed by atoms with Crippen LogP contribution in [-0.2, 0) is 16.0 Å². The molecular weight excluding hydrogens is 391 g/mol. The molecule has 7 nitrogen and oxygen atoms in total. The first-order valence-corrected chi connectivity index (χ1v) is 10.6. The Hall–Kier alpha value is -2.19. The van der Waals surface area contributed by atoms with Gasteiger partial charge in [-0.15, -0.1) is 0 Å². The zero-order chi connectivity index (χ0) is 21.7. The molecule has 0 radical (unpaired) electrons. The van der Waals surface area contributed by atoms with Crippen LogP contribution in [0, 0.1) is 17.7 Å². The van der Waals surface area contributed by atoms with E-state index in [9.17, 15) is 14.3 Å². The van der Waals surface area contributed by atoms with Crippen LogP contribution >= 0.6 is 0 Å². The van der Waals surface area contributed by atoms with E-state index in [1.54, 1.807) is 12.1 Å². The fraction of sp³-hybridized carbons (Fsp3) is 0.636. The van der Waals surface area contributed by atoms with Crippen molar-refractivity contribution in [2.24, 2.45) is 11.8 Å². The number of carbonyl (C=O) groups excluding carboxylic acids is 1. The Bertz CT molecular complexity index is 740. The highest BCUT2D eigenvalue weighted by Crippen LogP contribution is 2.39. The lowest BCUT2D eigenvalue weighted by atomic mass is 9.77. The molecule has 0 unspecified atom stereocenters. The van der Waals surface area contributed by atoms with Gasteiger partial charge in [0.15, 0.2) is 11.6 Å². The molecule has 0 aromatic heterocycles. The average Bonchev–Trinajstić information content (AvgIpc) is 3.37. The van der Waals surface area contributed by atoms with Crippen molar-refractivity contribution in [2.45, 2.75) is 44.2 Å². The van der Waals surface area contributed by atoms with Crippen molar-refractivity contribution in [1.29, 1.82) is 0 Å². The van der Waals surface area contributed by atoms with Gasteiger partial charge in [0.05, 0.1) is 19.6 Å². The Kier molecular flexibility index (Phi) is 7.66. The van der Waals surface area contributed by atoms with E-state index in [-0.39, 0.29) is 36.7 Å². The third-order valence-electron chi connectivity index (χ3n) is 6.64.